The number of aryl methyl sites for hydroxylation is 1. The van der Waals surface area contributed by atoms with E-state index in [-0.39, 0.29) is 0 Å². The highest BCUT2D eigenvalue weighted by atomic mass is 32.2. The average molecular weight is 295 g/mol. The predicted molar refractivity (Wildman–Crippen MR) is 78.2 cm³/mol. The van der Waals surface area contributed by atoms with Gasteiger partial charge in [-0.1, -0.05) is 18.2 Å². The largest absolute Gasteiger partial charge is 0.314 e. The molecule has 1 N–H and O–H groups in total. The van der Waals surface area contributed by atoms with Gasteiger partial charge in [-0.2, -0.15) is 4.31 Å². The van der Waals surface area contributed by atoms with Gasteiger partial charge in [0.15, 0.2) is 0 Å². The minimum Gasteiger partial charge on any atom is -0.314 e. The van der Waals surface area contributed by atoms with Crippen LogP contribution in [0.15, 0.2) is 29.2 Å². The molecular formula is C14H21N3O2S. The van der Waals surface area contributed by atoms with E-state index in [2.05, 4.69) is 10.2 Å². The lowest BCUT2D eigenvalue weighted by Crippen LogP contribution is -2.63. The zero-order valence-corrected chi connectivity index (χ0v) is 12.6. The van der Waals surface area contributed by atoms with Gasteiger partial charge < -0.3 is 5.32 Å². The molecule has 2 aliphatic heterocycles. The second-order valence-electron chi connectivity index (χ2n) is 5.53. The van der Waals surface area contributed by atoms with Crippen LogP contribution >= 0.6 is 0 Å². The van der Waals surface area contributed by atoms with E-state index in [1.54, 1.807) is 16.4 Å². The third-order valence-electron chi connectivity index (χ3n) is 4.21. The van der Waals surface area contributed by atoms with Gasteiger partial charge in [-0.25, -0.2) is 8.42 Å². The highest BCUT2D eigenvalue weighted by Gasteiger charge is 2.40. The number of sulfonamides is 1. The molecule has 0 bridgehead atoms. The Kier molecular flexibility index (Phi) is 3.81. The molecule has 1 aromatic carbocycles. The monoisotopic (exact) mass is 295 g/mol. The van der Waals surface area contributed by atoms with Crippen molar-refractivity contribution < 1.29 is 8.42 Å². The smallest absolute Gasteiger partial charge is 0.243 e. The molecule has 0 aromatic heterocycles. The minimum atomic E-state index is -3.31. The summed E-state index contributed by atoms with van der Waals surface area (Å²) in [5, 5.41) is 3.32. The van der Waals surface area contributed by atoms with Gasteiger partial charge >= 0.3 is 0 Å². The summed E-state index contributed by atoms with van der Waals surface area (Å²) in [5.41, 5.74) is 0.818. The predicted octanol–water partition coefficient (Wildman–Crippen LogP) is 0.273. The van der Waals surface area contributed by atoms with Crippen LogP contribution in [-0.4, -0.2) is 62.9 Å². The van der Waals surface area contributed by atoms with Gasteiger partial charge in [0.25, 0.3) is 0 Å². The number of rotatable bonds is 3. The van der Waals surface area contributed by atoms with E-state index in [0.717, 1.165) is 31.7 Å². The molecule has 2 saturated heterocycles. The molecule has 2 fully saturated rings. The summed E-state index contributed by atoms with van der Waals surface area (Å²) in [4.78, 5) is 2.83. The summed E-state index contributed by atoms with van der Waals surface area (Å²) in [6.45, 7) is 7.13. The standard InChI is InChI=1S/C14H21N3O2S/c1-12-4-2-3-5-14(12)20(18,19)17-10-13(11-17)16-8-6-15-7-9-16/h2-5,13,15H,6-11H2,1H3. The van der Waals surface area contributed by atoms with Crippen molar-refractivity contribution in [3.8, 4) is 0 Å². The van der Waals surface area contributed by atoms with Gasteiger partial charge in [-0.3, -0.25) is 4.90 Å². The molecule has 1 aromatic rings. The van der Waals surface area contributed by atoms with Gasteiger partial charge in [0.05, 0.1) is 4.90 Å². The van der Waals surface area contributed by atoms with Crippen LogP contribution in [0.5, 0.6) is 0 Å². The summed E-state index contributed by atoms with van der Waals surface area (Å²) in [7, 11) is -3.31. The first kappa shape index (κ1) is 14.0. The average Bonchev–Trinajstić information content (AvgIpc) is 2.38. The lowest BCUT2D eigenvalue weighted by Gasteiger charge is -2.45. The van der Waals surface area contributed by atoms with Gasteiger partial charge in [0.2, 0.25) is 10.0 Å². The summed E-state index contributed by atoms with van der Waals surface area (Å²) >= 11 is 0. The van der Waals surface area contributed by atoms with Crippen molar-refractivity contribution in [3.05, 3.63) is 29.8 Å². The van der Waals surface area contributed by atoms with E-state index in [1.807, 2.05) is 19.1 Å². The van der Waals surface area contributed by atoms with Crippen LogP contribution in [0, 0.1) is 6.92 Å². The molecule has 0 unspecified atom stereocenters. The fourth-order valence-corrected chi connectivity index (χ4v) is 4.62. The maximum atomic E-state index is 12.6. The Labute approximate surface area is 120 Å². The number of piperazine rings is 1. The number of benzene rings is 1. The highest BCUT2D eigenvalue weighted by Crippen LogP contribution is 2.26. The molecule has 0 spiro atoms. The topological polar surface area (TPSA) is 52.7 Å². The Morgan fingerprint density at radius 3 is 2.45 bits per heavy atom. The highest BCUT2D eigenvalue weighted by molar-refractivity contribution is 7.89. The quantitative estimate of drug-likeness (QED) is 0.870. The molecule has 0 amide bonds. The first-order valence-corrected chi connectivity index (χ1v) is 8.53. The van der Waals surface area contributed by atoms with Gasteiger partial charge in [-0.05, 0) is 18.6 Å². The second-order valence-corrected chi connectivity index (χ2v) is 7.43. The number of hydrogen-bond acceptors (Lipinski definition) is 4. The fourth-order valence-electron chi connectivity index (χ4n) is 2.88. The Morgan fingerprint density at radius 1 is 1.15 bits per heavy atom. The van der Waals surface area contributed by atoms with Crippen molar-refractivity contribution in [2.24, 2.45) is 0 Å². The molecular weight excluding hydrogens is 274 g/mol. The van der Waals surface area contributed by atoms with E-state index in [0.29, 0.717) is 24.0 Å². The molecule has 6 heteroatoms. The number of nitrogens with one attached hydrogen (secondary N) is 1. The second kappa shape index (κ2) is 5.44. The molecule has 0 aliphatic carbocycles. The molecule has 0 saturated carbocycles. The molecule has 3 rings (SSSR count). The Balaban J connectivity index is 1.68. The maximum Gasteiger partial charge on any atom is 0.243 e. The van der Waals surface area contributed by atoms with Crippen LogP contribution in [0.4, 0.5) is 0 Å². The number of hydrogen-bond donors (Lipinski definition) is 1. The summed E-state index contributed by atoms with van der Waals surface area (Å²) < 4.78 is 26.7. The van der Waals surface area contributed by atoms with Crippen molar-refractivity contribution in [2.75, 3.05) is 39.3 Å². The minimum absolute atomic E-state index is 0.385. The van der Waals surface area contributed by atoms with Crippen LogP contribution in [-0.2, 0) is 10.0 Å². The van der Waals surface area contributed by atoms with Crippen molar-refractivity contribution in [2.45, 2.75) is 17.9 Å². The van der Waals surface area contributed by atoms with Crippen molar-refractivity contribution in [1.29, 1.82) is 0 Å². The zero-order valence-electron chi connectivity index (χ0n) is 11.7. The third-order valence-corrected chi connectivity index (χ3v) is 6.20. The first-order valence-electron chi connectivity index (χ1n) is 7.09. The zero-order chi connectivity index (χ0) is 14.2. The Hall–Kier alpha value is -0.950. The van der Waals surface area contributed by atoms with E-state index in [4.69, 9.17) is 0 Å². The SMILES string of the molecule is Cc1ccccc1S(=O)(=O)N1CC(N2CCNCC2)C1. The summed E-state index contributed by atoms with van der Waals surface area (Å²) in [6.07, 6.45) is 0. The van der Waals surface area contributed by atoms with Crippen LogP contribution in [0.3, 0.4) is 0 Å². The van der Waals surface area contributed by atoms with Crippen LogP contribution < -0.4 is 5.32 Å². The molecule has 20 heavy (non-hydrogen) atoms. The Morgan fingerprint density at radius 2 is 1.80 bits per heavy atom. The van der Waals surface area contributed by atoms with Crippen LogP contribution in [0.2, 0.25) is 0 Å². The van der Waals surface area contributed by atoms with E-state index in [1.165, 1.54) is 0 Å². The van der Waals surface area contributed by atoms with E-state index >= 15 is 0 Å². The molecule has 0 atom stereocenters. The van der Waals surface area contributed by atoms with Crippen molar-refractivity contribution >= 4 is 10.0 Å². The molecule has 110 valence electrons. The van der Waals surface area contributed by atoms with Crippen LogP contribution in [0.1, 0.15) is 5.56 Å². The van der Waals surface area contributed by atoms with Gasteiger partial charge in [0, 0.05) is 45.3 Å². The van der Waals surface area contributed by atoms with Crippen molar-refractivity contribution in [1.82, 2.24) is 14.5 Å². The maximum absolute atomic E-state index is 12.6. The lowest BCUT2D eigenvalue weighted by molar-refractivity contribution is 0.0773. The molecule has 2 heterocycles. The summed E-state index contributed by atoms with van der Waals surface area (Å²) in [5.74, 6) is 0. The van der Waals surface area contributed by atoms with E-state index < -0.39 is 10.0 Å². The lowest BCUT2D eigenvalue weighted by atomic mass is 10.1. The summed E-state index contributed by atoms with van der Waals surface area (Å²) in [6, 6.07) is 7.58. The number of nitrogens with zero attached hydrogens (tertiary/aromatic N) is 2. The van der Waals surface area contributed by atoms with Gasteiger partial charge in [-0.15, -0.1) is 0 Å². The Bertz CT molecular complexity index is 576. The normalized spacial score (nSPS) is 22.6. The van der Waals surface area contributed by atoms with E-state index in [9.17, 15) is 8.42 Å². The molecule has 2 aliphatic rings. The van der Waals surface area contributed by atoms with Crippen molar-refractivity contribution in [3.63, 3.8) is 0 Å². The van der Waals surface area contributed by atoms with Gasteiger partial charge in [0.1, 0.15) is 0 Å². The molecule has 5 nitrogen and oxygen atoms in total. The fraction of sp³-hybridized carbons (Fsp3) is 0.571. The van der Waals surface area contributed by atoms with Crippen LogP contribution in [0.25, 0.3) is 0 Å². The first-order chi connectivity index (χ1) is 9.59. The molecule has 0 radical (unpaired) electrons. The third kappa shape index (κ3) is 2.48.